The van der Waals surface area contributed by atoms with Gasteiger partial charge >= 0.3 is 0 Å². The molecule has 0 aliphatic rings. The highest BCUT2D eigenvalue weighted by molar-refractivity contribution is 5.79. The molecule has 0 unspecified atom stereocenters. The van der Waals surface area contributed by atoms with Crippen LogP contribution in [0.3, 0.4) is 0 Å². The highest BCUT2D eigenvalue weighted by Gasteiger charge is 2.03. The van der Waals surface area contributed by atoms with Gasteiger partial charge in [0.2, 0.25) is 0 Å². The van der Waals surface area contributed by atoms with Crippen molar-refractivity contribution in [3.63, 3.8) is 0 Å². The summed E-state index contributed by atoms with van der Waals surface area (Å²) in [4.78, 5) is 10.5. The number of phenolic OH excluding ortho intramolecular Hbond substituents is 2. The fourth-order valence-electron chi connectivity index (χ4n) is 1.34. The Morgan fingerprint density at radius 2 is 1.59 bits per heavy atom. The van der Waals surface area contributed by atoms with Crippen LogP contribution in [0.5, 0.6) is 23.0 Å². The van der Waals surface area contributed by atoms with Gasteiger partial charge in [0.15, 0.2) is 6.29 Å². The molecule has 0 heterocycles. The lowest BCUT2D eigenvalue weighted by Gasteiger charge is -2.06. The summed E-state index contributed by atoms with van der Waals surface area (Å²) in [5, 5.41) is 18.6. The molecule has 0 radical (unpaired) electrons. The summed E-state index contributed by atoms with van der Waals surface area (Å²) in [6.45, 7) is 0. The van der Waals surface area contributed by atoms with Gasteiger partial charge in [0.25, 0.3) is 0 Å². The van der Waals surface area contributed by atoms with Crippen molar-refractivity contribution < 1.29 is 19.7 Å². The van der Waals surface area contributed by atoms with Gasteiger partial charge in [-0.2, -0.15) is 0 Å². The topological polar surface area (TPSA) is 66.8 Å². The Morgan fingerprint density at radius 1 is 0.941 bits per heavy atom. The molecule has 0 aliphatic carbocycles. The molecule has 0 spiro atoms. The first-order valence-electron chi connectivity index (χ1n) is 4.94. The Labute approximate surface area is 97.7 Å². The van der Waals surface area contributed by atoms with Crippen LogP contribution in [0, 0.1) is 0 Å². The van der Waals surface area contributed by atoms with Crippen LogP contribution in [0.25, 0.3) is 0 Å². The minimum absolute atomic E-state index is 0.128. The fourth-order valence-corrected chi connectivity index (χ4v) is 1.34. The first-order chi connectivity index (χ1) is 8.19. The fraction of sp³-hybridized carbons (Fsp3) is 0. The normalized spacial score (nSPS) is 9.88. The van der Waals surface area contributed by atoms with E-state index in [1.54, 1.807) is 18.2 Å². The van der Waals surface area contributed by atoms with E-state index < -0.39 is 0 Å². The van der Waals surface area contributed by atoms with Gasteiger partial charge in [0, 0.05) is 6.07 Å². The van der Waals surface area contributed by atoms with Crippen molar-refractivity contribution in [3.8, 4) is 23.0 Å². The van der Waals surface area contributed by atoms with Crippen LogP contribution in [0.4, 0.5) is 0 Å². The van der Waals surface area contributed by atoms with E-state index in [9.17, 15) is 9.90 Å². The van der Waals surface area contributed by atoms with Crippen LogP contribution in [0.1, 0.15) is 10.4 Å². The third-order valence-corrected chi connectivity index (χ3v) is 2.20. The second-order valence-corrected chi connectivity index (χ2v) is 3.43. The van der Waals surface area contributed by atoms with Gasteiger partial charge in [-0.05, 0) is 36.4 Å². The molecule has 0 bridgehead atoms. The van der Waals surface area contributed by atoms with Gasteiger partial charge in [-0.25, -0.2) is 0 Å². The zero-order valence-electron chi connectivity index (χ0n) is 8.83. The van der Waals surface area contributed by atoms with Crippen molar-refractivity contribution in [1.82, 2.24) is 0 Å². The van der Waals surface area contributed by atoms with Crippen molar-refractivity contribution >= 4 is 6.29 Å². The first kappa shape index (κ1) is 11.0. The van der Waals surface area contributed by atoms with Crippen LogP contribution in [-0.2, 0) is 0 Å². The molecule has 0 saturated heterocycles. The second kappa shape index (κ2) is 4.57. The summed E-state index contributed by atoms with van der Waals surface area (Å²) in [6, 6.07) is 10.6. The first-order valence-corrected chi connectivity index (χ1v) is 4.94. The van der Waals surface area contributed by atoms with Gasteiger partial charge in [-0.1, -0.05) is 0 Å². The number of hydrogen-bond donors (Lipinski definition) is 2. The number of phenols is 2. The molecular weight excluding hydrogens is 220 g/mol. The molecule has 0 saturated carbocycles. The van der Waals surface area contributed by atoms with Crippen LogP contribution < -0.4 is 4.74 Å². The molecule has 86 valence electrons. The van der Waals surface area contributed by atoms with E-state index in [4.69, 9.17) is 9.84 Å². The van der Waals surface area contributed by atoms with Crippen LogP contribution in [-0.4, -0.2) is 16.5 Å². The summed E-state index contributed by atoms with van der Waals surface area (Å²) < 4.78 is 5.43. The molecule has 0 atom stereocenters. The molecule has 2 rings (SSSR count). The number of benzene rings is 2. The summed E-state index contributed by atoms with van der Waals surface area (Å²) in [5.74, 6) is 0.965. The number of aromatic hydroxyl groups is 2. The van der Waals surface area contributed by atoms with Gasteiger partial charge < -0.3 is 14.9 Å². The van der Waals surface area contributed by atoms with Crippen molar-refractivity contribution in [2.75, 3.05) is 0 Å². The molecule has 0 amide bonds. The number of ether oxygens (including phenoxy) is 1. The van der Waals surface area contributed by atoms with E-state index >= 15 is 0 Å². The number of rotatable bonds is 3. The highest BCUT2D eigenvalue weighted by Crippen LogP contribution is 2.27. The average molecular weight is 230 g/mol. The number of carbonyl (C=O) groups excluding carboxylic acids is 1. The van der Waals surface area contributed by atoms with E-state index in [1.807, 2.05) is 0 Å². The minimum Gasteiger partial charge on any atom is -0.508 e. The molecular formula is C13H10O4. The Hall–Kier alpha value is -2.49. The van der Waals surface area contributed by atoms with Gasteiger partial charge in [-0.3, -0.25) is 4.79 Å². The number of carbonyl (C=O) groups is 1. The standard InChI is InChI=1S/C13H10O4/c14-8-9-1-4-12(7-13(9)16)17-11-5-2-10(15)3-6-11/h1-8,15-16H. The molecule has 2 N–H and O–H groups in total. The highest BCUT2D eigenvalue weighted by atomic mass is 16.5. The smallest absolute Gasteiger partial charge is 0.153 e. The Kier molecular flexibility index (Phi) is 2.96. The molecule has 0 aromatic heterocycles. The lowest BCUT2D eigenvalue weighted by molar-refractivity contribution is 0.112. The predicted octanol–water partition coefficient (Wildman–Crippen LogP) is 2.70. The Bertz CT molecular complexity index is 532. The summed E-state index contributed by atoms with van der Waals surface area (Å²) in [7, 11) is 0. The van der Waals surface area contributed by atoms with Gasteiger partial charge in [0.05, 0.1) is 5.56 Å². The summed E-state index contributed by atoms with van der Waals surface area (Å²) in [6.07, 6.45) is 0.569. The monoisotopic (exact) mass is 230 g/mol. The average Bonchev–Trinajstić information content (AvgIpc) is 2.32. The maximum atomic E-state index is 10.5. The summed E-state index contributed by atoms with van der Waals surface area (Å²) in [5.41, 5.74) is 0.211. The SMILES string of the molecule is O=Cc1ccc(Oc2ccc(O)cc2)cc1O. The zero-order valence-corrected chi connectivity index (χ0v) is 8.83. The van der Waals surface area contributed by atoms with Gasteiger partial charge in [0.1, 0.15) is 23.0 Å². The molecule has 4 nitrogen and oxygen atoms in total. The van der Waals surface area contributed by atoms with Crippen LogP contribution in [0.2, 0.25) is 0 Å². The molecule has 4 heteroatoms. The van der Waals surface area contributed by atoms with E-state index in [2.05, 4.69) is 0 Å². The number of hydrogen-bond acceptors (Lipinski definition) is 4. The lowest BCUT2D eigenvalue weighted by atomic mass is 10.2. The van der Waals surface area contributed by atoms with E-state index in [0.717, 1.165) is 0 Å². The third kappa shape index (κ3) is 2.55. The zero-order chi connectivity index (χ0) is 12.3. The van der Waals surface area contributed by atoms with Gasteiger partial charge in [-0.15, -0.1) is 0 Å². The quantitative estimate of drug-likeness (QED) is 0.795. The molecule has 0 aliphatic heterocycles. The minimum atomic E-state index is -0.128. The molecule has 0 fully saturated rings. The van der Waals surface area contributed by atoms with E-state index in [0.29, 0.717) is 17.8 Å². The van der Waals surface area contributed by atoms with E-state index in [-0.39, 0.29) is 17.1 Å². The van der Waals surface area contributed by atoms with Crippen molar-refractivity contribution in [2.45, 2.75) is 0 Å². The largest absolute Gasteiger partial charge is 0.508 e. The van der Waals surface area contributed by atoms with E-state index in [1.165, 1.54) is 24.3 Å². The number of aldehydes is 1. The summed E-state index contributed by atoms with van der Waals surface area (Å²) >= 11 is 0. The second-order valence-electron chi connectivity index (χ2n) is 3.43. The molecule has 2 aromatic carbocycles. The predicted molar refractivity (Wildman–Crippen MR) is 61.7 cm³/mol. The maximum Gasteiger partial charge on any atom is 0.153 e. The third-order valence-electron chi connectivity index (χ3n) is 2.20. The maximum absolute atomic E-state index is 10.5. The Balaban J connectivity index is 2.21. The molecule has 2 aromatic rings. The van der Waals surface area contributed by atoms with Crippen molar-refractivity contribution in [2.24, 2.45) is 0 Å². The van der Waals surface area contributed by atoms with Crippen LogP contribution >= 0.6 is 0 Å². The van der Waals surface area contributed by atoms with Crippen LogP contribution in [0.15, 0.2) is 42.5 Å². The van der Waals surface area contributed by atoms with Crippen molar-refractivity contribution in [1.29, 1.82) is 0 Å². The lowest BCUT2D eigenvalue weighted by Crippen LogP contribution is -1.86. The molecule has 17 heavy (non-hydrogen) atoms. The Morgan fingerprint density at radius 3 is 2.18 bits per heavy atom. The van der Waals surface area contributed by atoms with Crippen molar-refractivity contribution in [3.05, 3.63) is 48.0 Å².